The summed E-state index contributed by atoms with van der Waals surface area (Å²) in [6.45, 7) is 0. The predicted octanol–water partition coefficient (Wildman–Crippen LogP) is 2.26. The molecule has 18 heavy (non-hydrogen) atoms. The highest BCUT2D eigenvalue weighted by Crippen LogP contribution is 2.31. The second-order valence-corrected chi connectivity index (χ2v) is 4.36. The topological polar surface area (TPSA) is 81.3 Å². The van der Waals surface area contributed by atoms with Crippen LogP contribution in [-0.4, -0.2) is 16.2 Å². The van der Waals surface area contributed by atoms with Crippen molar-refractivity contribution in [2.24, 2.45) is 0 Å². The predicted molar refractivity (Wildman–Crippen MR) is 66.0 cm³/mol. The molecule has 0 spiro atoms. The maximum Gasteiger partial charge on any atom is 0.346 e. The lowest BCUT2D eigenvalue weighted by atomic mass is 9.89. The first kappa shape index (κ1) is 12.2. The van der Waals surface area contributed by atoms with E-state index >= 15 is 0 Å². The maximum atomic E-state index is 10.8. The number of phenols is 1. The van der Waals surface area contributed by atoms with Crippen molar-refractivity contribution in [3.8, 4) is 11.8 Å². The van der Waals surface area contributed by atoms with Gasteiger partial charge in [0.15, 0.2) is 0 Å². The van der Waals surface area contributed by atoms with Crippen molar-refractivity contribution in [2.45, 2.75) is 25.7 Å². The number of hydrogen-bond acceptors (Lipinski definition) is 3. The molecule has 1 aromatic carbocycles. The van der Waals surface area contributed by atoms with Gasteiger partial charge >= 0.3 is 5.97 Å². The Balaban J connectivity index is 2.45. The number of aromatic hydroxyl groups is 1. The zero-order valence-electron chi connectivity index (χ0n) is 9.81. The van der Waals surface area contributed by atoms with Crippen molar-refractivity contribution in [3.05, 3.63) is 34.4 Å². The number of nitrogens with zero attached hydrogens (tertiary/aromatic N) is 1. The van der Waals surface area contributed by atoms with Crippen LogP contribution in [0.4, 0.5) is 0 Å². The number of rotatable bonds is 2. The van der Waals surface area contributed by atoms with Crippen molar-refractivity contribution in [1.29, 1.82) is 5.26 Å². The molecule has 0 saturated heterocycles. The van der Waals surface area contributed by atoms with Gasteiger partial charge in [-0.25, -0.2) is 4.79 Å². The van der Waals surface area contributed by atoms with Crippen LogP contribution in [0.2, 0.25) is 0 Å². The summed E-state index contributed by atoms with van der Waals surface area (Å²) in [5, 5.41) is 27.4. The molecule has 0 fully saturated rings. The Hall–Kier alpha value is -2.28. The van der Waals surface area contributed by atoms with E-state index in [1.165, 1.54) is 12.1 Å². The number of hydrogen-bond donors (Lipinski definition) is 2. The fourth-order valence-electron chi connectivity index (χ4n) is 2.26. The van der Waals surface area contributed by atoms with E-state index in [0.29, 0.717) is 5.56 Å². The van der Waals surface area contributed by atoms with Crippen LogP contribution in [0.5, 0.6) is 5.75 Å². The van der Waals surface area contributed by atoms with E-state index in [2.05, 4.69) is 0 Å². The molecule has 0 bridgehead atoms. The molecule has 0 heterocycles. The van der Waals surface area contributed by atoms with Crippen LogP contribution in [0.1, 0.15) is 29.5 Å². The Kier molecular flexibility index (Phi) is 3.33. The summed E-state index contributed by atoms with van der Waals surface area (Å²) < 4.78 is 0. The number of fused-ring (bicyclic) bond motifs is 1. The number of aryl methyl sites for hydroxylation is 1. The SMILES string of the molecule is N#C/C(=C\c1cc(O)c2c(c1)CCCC2)C(=O)O. The molecule has 4 heteroatoms. The largest absolute Gasteiger partial charge is 0.508 e. The van der Waals surface area contributed by atoms with Gasteiger partial charge in [-0.1, -0.05) is 6.07 Å². The van der Waals surface area contributed by atoms with Crippen molar-refractivity contribution >= 4 is 12.0 Å². The normalized spacial score (nSPS) is 14.7. The van der Waals surface area contributed by atoms with Crippen LogP contribution in [0.3, 0.4) is 0 Å². The second kappa shape index (κ2) is 4.92. The minimum Gasteiger partial charge on any atom is -0.508 e. The molecule has 2 rings (SSSR count). The fourth-order valence-corrected chi connectivity index (χ4v) is 2.26. The van der Waals surface area contributed by atoms with Crippen LogP contribution in [0.15, 0.2) is 17.7 Å². The first-order valence-electron chi connectivity index (χ1n) is 5.81. The summed E-state index contributed by atoms with van der Waals surface area (Å²) in [6.07, 6.45) is 5.17. The van der Waals surface area contributed by atoms with Gasteiger partial charge in [-0.05, 0) is 54.5 Å². The number of carboxylic acids is 1. The molecule has 0 aromatic heterocycles. The molecular weight excluding hydrogens is 230 g/mol. The molecule has 0 unspecified atom stereocenters. The number of benzene rings is 1. The number of aliphatic carboxylic acids is 1. The monoisotopic (exact) mass is 243 g/mol. The van der Waals surface area contributed by atoms with E-state index in [0.717, 1.165) is 36.8 Å². The van der Waals surface area contributed by atoms with E-state index in [-0.39, 0.29) is 11.3 Å². The van der Waals surface area contributed by atoms with Crippen LogP contribution >= 0.6 is 0 Å². The van der Waals surface area contributed by atoms with Gasteiger partial charge in [0.25, 0.3) is 0 Å². The van der Waals surface area contributed by atoms with E-state index in [4.69, 9.17) is 10.4 Å². The van der Waals surface area contributed by atoms with E-state index in [9.17, 15) is 9.90 Å². The molecule has 0 amide bonds. The fraction of sp³-hybridized carbons (Fsp3) is 0.286. The average molecular weight is 243 g/mol. The Morgan fingerprint density at radius 1 is 1.33 bits per heavy atom. The van der Waals surface area contributed by atoms with Crippen LogP contribution in [0.25, 0.3) is 6.08 Å². The summed E-state index contributed by atoms with van der Waals surface area (Å²) >= 11 is 0. The lowest BCUT2D eigenvalue weighted by Crippen LogP contribution is -2.03. The second-order valence-electron chi connectivity index (χ2n) is 4.36. The zero-order valence-corrected chi connectivity index (χ0v) is 9.81. The lowest BCUT2D eigenvalue weighted by Gasteiger charge is -2.17. The van der Waals surface area contributed by atoms with Gasteiger partial charge in [0.2, 0.25) is 0 Å². The van der Waals surface area contributed by atoms with Crippen molar-refractivity contribution in [3.63, 3.8) is 0 Å². The lowest BCUT2D eigenvalue weighted by molar-refractivity contribution is -0.132. The highest BCUT2D eigenvalue weighted by atomic mass is 16.4. The van der Waals surface area contributed by atoms with Gasteiger partial charge in [0.1, 0.15) is 17.4 Å². The third-order valence-electron chi connectivity index (χ3n) is 3.13. The summed E-state index contributed by atoms with van der Waals surface area (Å²) in [4.78, 5) is 10.8. The van der Waals surface area contributed by atoms with Gasteiger partial charge < -0.3 is 10.2 Å². The van der Waals surface area contributed by atoms with Gasteiger partial charge in [-0.2, -0.15) is 5.26 Å². The smallest absolute Gasteiger partial charge is 0.346 e. The minimum atomic E-state index is -1.25. The Morgan fingerprint density at radius 3 is 2.72 bits per heavy atom. The Bertz CT molecular complexity index is 567. The van der Waals surface area contributed by atoms with Crippen LogP contribution < -0.4 is 0 Å². The minimum absolute atomic E-state index is 0.195. The van der Waals surface area contributed by atoms with Gasteiger partial charge in [0, 0.05) is 0 Å². The van der Waals surface area contributed by atoms with E-state index < -0.39 is 5.97 Å². The molecular formula is C14H13NO3. The maximum absolute atomic E-state index is 10.8. The average Bonchev–Trinajstić information content (AvgIpc) is 2.35. The number of phenolic OH excluding ortho intramolecular Hbond substituents is 1. The molecule has 1 aliphatic rings. The van der Waals surface area contributed by atoms with Gasteiger partial charge in [-0.15, -0.1) is 0 Å². The summed E-state index contributed by atoms with van der Waals surface area (Å²) in [5.41, 5.74) is 2.24. The summed E-state index contributed by atoms with van der Waals surface area (Å²) in [6, 6.07) is 5.00. The molecule has 4 nitrogen and oxygen atoms in total. The van der Waals surface area contributed by atoms with Crippen LogP contribution in [0, 0.1) is 11.3 Å². The Labute approximate surface area is 105 Å². The molecule has 1 aliphatic carbocycles. The Morgan fingerprint density at radius 2 is 2.06 bits per heavy atom. The third-order valence-corrected chi connectivity index (χ3v) is 3.13. The van der Waals surface area contributed by atoms with Crippen molar-refractivity contribution in [2.75, 3.05) is 0 Å². The van der Waals surface area contributed by atoms with E-state index in [1.54, 1.807) is 6.07 Å². The molecule has 0 radical (unpaired) electrons. The van der Waals surface area contributed by atoms with E-state index in [1.807, 2.05) is 6.07 Å². The third kappa shape index (κ3) is 2.35. The highest BCUT2D eigenvalue weighted by molar-refractivity contribution is 5.96. The molecule has 92 valence electrons. The van der Waals surface area contributed by atoms with Gasteiger partial charge in [0.05, 0.1) is 0 Å². The standard InChI is InChI=1S/C14H13NO3/c15-8-11(14(17)18)6-9-5-10-3-1-2-4-12(10)13(16)7-9/h5-7,16H,1-4H2,(H,17,18)/b11-6+. The molecule has 0 aliphatic heterocycles. The summed E-state index contributed by atoms with van der Waals surface area (Å²) in [5.74, 6) is -1.06. The van der Waals surface area contributed by atoms with Crippen LogP contribution in [-0.2, 0) is 17.6 Å². The van der Waals surface area contributed by atoms with Crippen molar-refractivity contribution < 1.29 is 15.0 Å². The van der Waals surface area contributed by atoms with Gasteiger partial charge in [-0.3, -0.25) is 0 Å². The number of carboxylic acid groups (broad SMARTS) is 1. The molecule has 0 saturated carbocycles. The first-order valence-corrected chi connectivity index (χ1v) is 5.81. The van der Waals surface area contributed by atoms with Crippen molar-refractivity contribution in [1.82, 2.24) is 0 Å². The highest BCUT2D eigenvalue weighted by Gasteiger charge is 2.14. The molecule has 2 N–H and O–H groups in total. The number of carbonyl (C=O) groups is 1. The molecule has 0 atom stereocenters. The quantitative estimate of drug-likeness (QED) is 0.616. The molecule has 1 aromatic rings. The number of nitriles is 1. The first-order chi connectivity index (χ1) is 8.61. The summed E-state index contributed by atoms with van der Waals surface area (Å²) in [7, 11) is 0. The zero-order chi connectivity index (χ0) is 13.1.